The molecule has 3 nitrogen and oxygen atoms in total. The lowest BCUT2D eigenvalue weighted by Crippen LogP contribution is -1.95. The van der Waals surface area contributed by atoms with Gasteiger partial charge in [-0.1, -0.05) is 54.1 Å². The van der Waals surface area contributed by atoms with E-state index in [9.17, 15) is 5.11 Å². The van der Waals surface area contributed by atoms with Gasteiger partial charge in [0.2, 0.25) is 0 Å². The number of hydrogen-bond acceptors (Lipinski definition) is 3. The van der Waals surface area contributed by atoms with Crippen molar-refractivity contribution in [2.24, 2.45) is 0 Å². The van der Waals surface area contributed by atoms with Crippen LogP contribution >= 0.6 is 11.6 Å². The van der Waals surface area contributed by atoms with Crippen molar-refractivity contribution in [2.75, 3.05) is 0 Å². The highest BCUT2D eigenvalue weighted by Gasteiger charge is 2.16. The molecule has 0 aliphatic carbocycles. The van der Waals surface area contributed by atoms with Crippen molar-refractivity contribution in [1.29, 1.82) is 0 Å². The molecule has 1 aromatic heterocycles. The summed E-state index contributed by atoms with van der Waals surface area (Å²) in [6.45, 7) is 0. The van der Waals surface area contributed by atoms with Crippen LogP contribution in [0.3, 0.4) is 0 Å². The van der Waals surface area contributed by atoms with Crippen molar-refractivity contribution in [1.82, 2.24) is 9.97 Å². The van der Waals surface area contributed by atoms with E-state index in [1.165, 1.54) is 6.07 Å². The van der Waals surface area contributed by atoms with Gasteiger partial charge < -0.3 is 5.11 Å². The summed E-state index contributed by atoms with van der Waals surface area (Å²) in [6, 6.07) is 22.6. The predicted molar refractivity (Wildman–Crippen MR) is 97.1 cm³/mol. The van der Waals surface area contributed by atoms with Crippen LogP contribution in [0.1, 0.15) is 0 Å². The summed E-state index contributed by atoms with van der Waals surface area (Å²) >= 11 is 5.96. The monoisotopic (exact) mass is 332 g/mol. The first-order valence-electron chi connectivity index (χ1n) is 7.53. The number of nitrogens with zero attached hydrogens (tertiary/aromatic N) is 2. The molecule has 0 aliphatic rings. The van der Waals surface area contributed by atoms with Gasteiger partial charge in [0.1, 0.15) is 11.4 Å². The van der Waals surface area contributed by atoms with Gasteiger partial charge in [-0.05, 0) is 30.3 Å². The Labute approximate surface area is 144 Å². The number of benzene rings is 3. The molecule has 24 heavy (non-hydrogen) atoms. The maximum Gasteiger partial charge on any atom is 0.126 e. The standard InChI is InChI=1S/C20H13ClN2O/c21-14-10-11-15(18(24)12-14)20-19(13-6-2-1-3-7-13)22-16-8-4-5-9-17(16)23-20/h1-12,24H. The van der Waals surface area contributed by atoms with E-state index in [2.05, 4.69) is 0 Å². The van der Waals surface area contributed by atoms with Crippen molar-refractivity contribution in [3.05, 3.63) is 77.8 Å². The molecule has 0 amide bonds. The highest BCUT2D eigenvalue weighted by Crippen LogP contribution is 2.36. The molecular weight excluding hydrogens is 320 g/mol. The van der Waals surface area contributed by atoms with E-state index in [1.807, 2.05) is 54.6 Å². The normalized spacial score (nSPS) is 10.9. The fourth-order valence-electron chi connectivity index (χ4n) is 2.69. The fraction of sp³-hybridized carbons (Fsp3) is 0. The SMILES string of the molecule is Oc1cc(Cl)ccc1-c1nc2ccccc2nc1-c1ccccc1. The lowest BCUT2D eigenvalue weighted by atomic mass is 10.0. The van der Waals surface area contributed by atoms with E-state index in [0.29, 0.717) is 16.3 Å². The minimum absolute atomic E-state index is 0.0873. The third-order valence-corrected chi connectivity index (χ3v) is 4.07. The zero-order valence-electron chi connectivity index (χ0n) is 12.6. The molecule has 3 aromatic carbocycles. The molecule has 4 aromatic rings. The van der Waals surface area contributed by atoms with Gasteiger partial charge in [-0.3, -0.25) is 0 Å². The van der Waals surface area contributed by atoms with E-state index in [1.54, 1.807) is 12.1 Å². The molecule has 0 saturated carbocycles. The summed E-state index contributed by atoms with van der Waals surface area (Å²) in [7, 11) is 0. The summed E-state index contributed by atoms with van der Waals surface area (Å²) in [5.41, 5.74) is 4.51. The second-order valence-electron chi connectivity index (χ2n) is 5.44. The Hall–Kier alpha value is -2.91. The number of phenolic OH excluding ortho intramolecular Hbond substituents is 1. The highest BCUT2D eigenvalue weighted by molar-refractivity contribution is 6.30. The third kappa shape index (κ3) is 2.59. The lowest BCUT2D eigenvalue weighted by molar-refractivity contribution is 0.477. The van der Waals surface area contributed by atoms with Crippen LogP contribution in [0.15, 0.2) is 72.8 Å². The maximum absolute atomic E-state index is 10.3. The molecule has 4 rings (SSSR count). The van der Waals surface area contributed by atoms with Crippen molar-refractivity contribution in [3.8, 4) is 28.3 Å². The van der Waals surface area contributed by atoms with Crippen LogP contribution in [0, 0.1) is 0 Å². The largest absolute Gasteiger partial charge is 0.507 e. The van der Waals surface area contributed by atoms with Crippen molar-refractivity contribution in [2.45, 2.75) is 0 Å². The van der Waals surface area contributed by atoms with Crippen LogP contribution in [-0.2, 0) is 0 Å². The maximum atomic E-state index is 10.3. The Kier molecular flexibility index (Phi) is 3.63. The number of aromatic nitrogens is 2. The first kappa shape index (κ1) is 14.7. The average Bonchev–Trinajstić information content (AvgIpc) is 2.61. The summed E-state index contributed by atoms with van der Waals surface area (Å²) in [5.74, 6) is 0.0873. The van der Waals surface area contributed by atoms with Gasteiger partial charge in [-0.2, -0.15) is 0 Å². The van der Waals surface area contributed by atoms with Gasteiger partial charge in [-0.15, -0.1) is 0 Å². The zero-order valence-corrected chi connectivity index (χ0v) is 13.4. The van der Waals surface area contributed by atoms with Crippen LogP contribution in [0.25, 0.3) is 33.5 Å². The van der Waals surface area contributed by atoms with Gasteiger partial charge >= 0.3 is 0 Å². The molecule has 0 spiro atoms. The van der Waals surface area contributed by atoms with E-state index in [0.717, 1.165) is 22.3 Å². The van der Waals surface area contributed by atoms with Crippen molar-refractivity contribution < 1.29 is 5.11 Å². The molecule has 116 valence electrons. The molecule has 4 heteroatoms. The minimum Gasteiger partial charge on any atom is -0.507 e. The Morgan fingerprint density at radius 2 is 1.33 bits per heavy atom. The molecule has 0 aliphatic heterocycles. The number of para-hydroxylation sites is 2. The number of hydrogen-bond donors (Lipinski definition) is 1. The topological polar surface area (TPSA) is 46.0 Å². The quantitative estimate of drug-likeness (QED) is 0.540. The molecule has 0 bridgehead atoms. The van der Waals surface area contributed by atoms with Gasteiger partial charge in [-0.25, -0.2) is 9.97 Å². The second kappa shape index (κ2) is 5.95. The van der Waals surface area contributed by atoms with E-state index in [4.69, 9.17) is 21.6 Å². The predicted octanol–water partition coefficient (Wildman–Crippen LogP) is 5.32. The molecule has 0 fully saturated rings. The molecule has 0 unspecified atom stereocenters. The third-order valence-electron chi connectivity index (χ3n) is 3.83. The van der Waals surface area contributed by atoms with Crippen LogP contribution in [-0.4, -0.2) is 15.1 Å². The van der Waals surface area contributed by atoms with Gasteiger partial charge in [0.05, 0.1) is 16.7 Å². The van der Waals surface area contributed by atoms with Crippen molar-refractivity contribution >= 4 is 22.6 Å². The summed E-state index contributed by atoms with van der Waals surface area (Å²) in [6.07, 6.45) is 0. The highest BCUT2D eigenvalue weighted by atomic mass is 35.5. The van der Waals surface area contributed by atoms with Gasteiger partial charge in [0.15, 0.2) is 0 Å². The lowest BCUT2D eigenvalue weighted by Gasteiger charge is -2.12. The minimum atomic E-state index is 0.0873. The van der Waals surface area contributed by atoms with Crippen LogP contribution in [0.4, 0.5) is 0 Å². The summed E-state index contributed by atoms with van der Waals surface area (Å²) < 4.78 is 0. The fourth-order valence-corrected chi connectivity index (χ4v) is 2.86. The summed E-state index contributed by atoms with van der Waals surface area (Å²) in [4.78, 5) is 9.53. The average molecular weight is 333 g/mol. The number of rotatable bonds is 2. The number of aromatic hydroxyl groups is 1. The Morgan fingerprint density at radius 3 is 2.00 bits per heavy atom. The first-order valence-corrected chi connectivity index (χ1v) is 7.91. The van der Waals surface area contributed by atoms with E-state index in [-0.39, 0.29) is 5.75 Å². The van der Waals surface area contributed by atoms with Crippen molar-refractivity contribution in [3.63, 3.8) is 0 Å². The number of phenols is 1. The molecule has 1 heterocycles. The molecular formula is C20H13ClN2O. The Bertz CT molecular complexity index is 1030. The molecule has 0 atom stereocenters. The van der Waals surface area contributed by atoms with Crippen LogP contribution < -0.4 is 0 Å². The van der Waals surface area contributed by atoms with Gasteiger partial charge in [0.25, 0.3) is 0 Å². The first-order chi connectivity index (χ1) is 11.7. The van der Waals surface area contributed by atoms with E-state index < -0.39 is 0 Å². The molecule has 1 N–H and O–H groups in total. The van der Waals surface area contributed by atoms with Crippen LogP contribution in [0.5, 0.6) is 5.75 Å². The Morgan fingerprint density at radius 1 is 0.708 bits per heavy atom. The zero-order chi connectivity index (χ0) is 16.5. The summed E-state index contributed by atoms with van der Waals surface area (Å²) in [5, 5.41) is 10.8. The Balaban J connectivity index is 2.05. The molecule has 0 saturated heterocycles. The number of fused-ring (bicyclic) bond motifs is 1. The van der Waals surface area contributed by atoms with Crippen LogP contribution in [0.2, 0.25) is 5.02 Å². The van der Waals surface area contributed by atoms with Gasteiger partial charge in [0, 0.05) is 16.1 Å². The second-order valence-corrected chi connectivity index (χ2v) is 5.87. The smallest absolute Gasteiger partial charge is 0.126 e. The molecule has 0 radical (unpaired) electrons. The number of halogens is 1. The van der Waals surface area contributed by atoms with E-state index >= 15 is 0 Å².